The lowest BCUT2D eigenvalue weighted by molar-refractivity contribution is 0.0922. The second kappa shape index (κ2) is 5.69. The highest BCUT2D eigenvalue weighted by molar-refractivity contribution is 5.01. The molecule has 1 aromatic heterocycles. The van der Waals surface area contributed by atoms with Crippen LogP contribution in [0.2, 0.25) is 0 Å². The van der Waals surface area contributed by atoms with Gasteiger partial charge in [-0.25, -0.2) is 0 Å². The summed E-state index contributed by atoms with van der Waals surface area (Å²) in [6, 6.07) is 3.99. The molecule has 1 aliphatic carbocycles. The van der Waals surface area contributed by atoms with Gasteiger partial charge in [0.1, 0.15) is 5.76 Å². The summed E-state index contributed by atoms with van der Waals surface area (Å²) >= 11 is 0. The molecule has 3 nitrogen and oxygen atoms in total. The number of furan rings is 1. The maximum Gasteiger partial charge on any atom is 0.117 e. The normalized spacial score (nSPS) is 20.4. The predicted octanol–water partition coefficient (Wildman–Crippen LogP) is 2.76. The van der Waals surface area contributed by atoms with Crippen LogP contribution in [0.25, 0.3) is 0 Å². The van der Waals surface area contributed by atoms with E-state index in [2.05, 4.69) is 11.9 Å². The van der Waals surface area contributed by atoms with Gasteiger partial charge >= 0.3 is 0 Å². The molecule has 0 radical (unpaired) electrons. The molecular formula is C14H24N2O. The third kappa shape index (κ3) is 2.90. The summed E-state index contributed by atoms with van der Waals surface area (Å²) in [5.41, 5.74) is 6.25. The zero-order valence-electron chi connectivity index (χ0n) is 10.8. The Balaban J connectivity index is 2.04. The summed E-state index contributed by atoms with van der Waals surface area (Å²) in [7, 11) is 2.18. The maximum atomic E-state index is 6.07. The van der Waals surface area contributed by atoms with E-state index in [0.29, 0.717) is 0 Å². The minimum atomic E-state index is 0.184. The second-order valence-corrected chi connectivity index (χ2v) is 5.28. The second-order valence-electron chi connectivity index (χ2n) is 5.28. The molecule has 0 saturated heterocycles. The van der Waals surface area contributed by atoms with Gasteiger partial charge < -0.3 is 10.2 Å². The number of nitrogens with zero attached hydrogens (tertiary/aromatic N) is 1. The van der Waals surface area contributed by atoms with Crippen LogP contribution in [-0.2, 0) is 6.54 Å². The fourth-order valence-electron chi connectivity index (χ4n) is 2.93. The minimum Gasteiger partial charge on any atom is -0.468 e. The van der Waals surface area contributed by atoms with E-state index in [1.165, 1.54) is 38.5 Å². The Morgan fingerprint density at radius 3 is 2.53 bits per heavy atom. The first kappa shape index (κ1) is 12.7. The first-order chi connectivity index (χ1) is 8.27. The Morgan fingerprint density at radius 2 is 2.00 bits per heavy atom. The van der Waals surface area contributed by atoms with Gasteiger partial charge in [-0.1, -0.05) is 25.7 Å². The fourth-order valence-corrected chi connectivity index (χ4v) is 2.93. The van der Waals surface area contributed by atoms with Crippen molar-refractivity contribution < 1.29 is 4.42 Å². The fraction of sp³-hybridized carbons (Fsp3) is 0.714. The molecule has 1 heterocycles. The van der Waals surface area contributed by atoms with Crippen LogP contribution in [0.3, 0.4) is 0 Å². The standard InChI is InChI=1S/C14H24N2O/c1-16(11-13-7-6-10-17-13)14(12-15)8-4-2-3-5-9-14/h6-7,10H,2-5,8-9,11-12,15H2,1H3. The Kier molecular flexibility index (Phi) is 4.24. The summed E-state index contributed by atoms with van der Waals surface area (Å²) in [5, 5.41) is 0. The van der Waals surface area contributed by atoms with Gasteiger partial charge in [0.25, 0.3) is 0 Å². The zero-order valence-corrected chi connectivity index (χ0v) is 10.8. The third-order valence-electron chi connectivity index (χ3n) is 4.20. The predicted molar refractivity (Wildman–Crippen MR) is 69.7 cm³/mol. The zero-order chi connectivity index (χ0) is 12.1. The highest BCUT2D eigenvalue weighted by Gasteiger charge is 2.33. The van der Waals surface area contributed by atoms with Gasteiger partial charge in [0.05, 0.1) is 12.8 Å². The van der Waals surface area contributed by atoms with E-state index in [4.69, 9.17) is 10.2 Å². The van der Waals surface area contributed by atoms with Gasteiger partial charge in [-0.15, -0.1) is 0 Å². The van der Waals surface area contributed by atoms with Gasteiger partial charge in [0.2, 0.25) is 0 Å². The quantitative estimate of drug-likeness (QED) is 0.817. The SMILES string of the molecule is CN(Cc1ccco1)C1(CN)CCCCCC1. The van der Waals surface area contributed by atoms with Crippen LogP contribution in [0, 0.1) is 0 Å². The molecule has 1 fully saturated rings. The number of rotatable bonds is 4. The molecule has 96 valence electrons. The van der Waals surface area contributed by atoms with Gasteiger partial charge in [-0.3, -0.25) is 4.90 Å². The molecule has 0 atom stereocenters. The smallest absolute Gasteiger partial charge is 0.117 e. The van der Waals surface area contributed by atoms with E-state index in [-0.39, 0.29) is 5.54 Å². The van der Waals surface area contributed by atoms with Crippen molar-refractivity contribution in [2.24, 2.45) is 5.73 Å². The molecule has 2 rings (SSSR count). The minimum absolute atomic E-state index is 0.184. The Bertz CT molecular complexity index is 313. The topological polar surface area (TPSA) is 42.4 Å². The molecule has 1 saturated carbocycles. The molecular weight excluding hydrogens is 212 g/mol. The Hall–Kier alpha value is -0.800. The van der Waals surface area contributed by atoms with E-state index in [1.807, 2.05) is 12.1 Å². The number of nitrogens with two attached hydrogens (primary N) is 1. The maximum absolute atomic E-state index is 6.07. The lowest BCUT2D eigenvalue weighted by Gasteiger charge is -2.40. The van der Waals surface area contributed by atoms with E-state index in [0.717, 1.165) is 18.8 Å². The molecule has 0 amide bonds. The summed E-state index contributed by atoms with van der Waals surface area (Å²) in [6.45, 7) is 1.62. The van der Waals surface area contributed by atoms with Crippen LogP contribution < -0.4 is 5.73 Å². The summed E-state index contributed by atoms with van der Waals surface area (Å²) in [5.74, 6) is 1.03. The molecule has 2 N–H and O–H groups in total. The van der Waals surface area contributed by atoms with E-state index < -0.39 is 0 Å². The van der Waals surface area contributed by atoms with Crippen molar-refractivity contribution in [3.8, 4) is 0 Å². The average Bonchev–Trinajstić information content (AvgIpc) is 2.72. The lowest BCUT2D eigenvalue weighted by atomic mass is 9.88. The first-order valence-corrected chi connectivity index (χ1v) is 6.70. The van der Waals surface area contributed by atoms with Crippen molar-refractivity contribution in [1.82, 2.24) is 4.90 Å². The van der Waals surface area contributed by atoms with Gasteiger partial charge in [-0.2, -0.15) is 0 Å². The largest absolute Gasteiger partial charge is 0.468 e. The van der Waals surface area contributed by atoms with Crippen LogP contribution in [-0.4, -0.2) is 24.0 Å². The molecule has 1 aliphatic rings. The molecule has 0 bridgehead atoms. The van der Waals surface area contributed by atoms with Crippen LogP contribution >= 0.6 is 0 Å². The molecule has 0 aromatic carbocycles. The molecule has 17 heavy (non-hydrogen) atoms. The molecule has 0 aliphatic heterocycles. The van der Waals surface area contributed by atoms with Crippen LogP contribution in [0.1, 0.15) is 44.3 Å². The Morgan fingerprint density at radius 1 is 1.29 bits per heavy atom. The van der Waals surface area contributed by atoms with Crippen molar-refractivity contribution in [2.75, 3.05) is 13.6 Å². The van der Waals surface area contributed by atoms with Crippen molar-refractivity contribution >= 4 is 0 Å². The van der Waals surface area contributed by atoms with Crippen LogP contribution in [0.4, 0.5) is 0 Å². The monoisotopic (exact) mass is 236 g/mol. The summed E-state index contributed by atoms with van der Waals surface area (Å²) in [4.78, 5) is 2.40. The van der Waals surface area contributed by atoms with Crippen LogP contribution in [0.15, 0.2) is 22.8 Å². The van der Waals surface area contributed by atoms with Gasteiger partial charge in [0.15, 0.2) is 0 Å². The molecule has 0 spiro atoms. The van der Waals surface area contributed by atoms with Gasteiger partial charge in [0, 0.05) is 12.1 Å². The number of hydrogen-bond acceptors (Lipinski definition) is 3. The van der Waals surface area contributed by atoms with Gasteiger partial charge in [-0.05, 0) is 32.0 Å². The molecule has 0 unspecified atom stereocenters. The molecule has 1 aromatic rings. The van der Waals surface area contributed by atoms with Crippen molar-refractivity contribution in [3.05, 3.63) is 24.2 Å². The van der Waals surface area contributed by atoms with E-state index in [9.17, 15) is 0 Å². The van der Waals surface area contributed by atoms with Crippen molar-refractivity contribution in [2.45, 2.75) is 50.6 Å². The highest BCUT2D eigenvalue weighted by Crippen LogP contribution is 2.31. The average molecular weight is 236 g/mol. The van der Waals surface area contributed by atoms with Crippen molar-refractivity contribution in [3.63, 3.8) is 0 Å². The van der Waals surface area contributed by atoms with E-state index >= 15 is 0 Å². The third-order valence-corrected chi connectivity index (χ3v) is 4.20. The van der Waals surface area contributed by atoms with E-state index in [1.54, 1.807) is 6.26 Å². The number of likely N-dealkylation sites (N-methyl/N-ethyl adjacent to an activating group) is 1. The van der Waals surface area contributed by atoms with Crippen LogP contribution in [0.5, 0.6) is 0 Å². The Labute approximate surface area is 104 Å². The lowest BCUT2D eigenvalue weighted by Crippen LogP contribution is -2.51. The van der Waals surface area contributed by atoms with Crippen molar-refractivity contribution in [1.29, 1.82) is 0 Å². The highest BCUT2D eigenvalue weighted by atomic mass is 16.3. The summed E-state index contributed by atoms with van der Waals surface area (Å²) < 4.78 is 5.43. The number of hydrogen-bond donors (Lipinski definition) is 1. The molecule has 3 heteroatoms. The summed E-state index contributed by atoms with van der Waals surface area (Å²) in [6.07, 6.45) is 9.51. The first-order valence-electron chi connectivity index (χ1n) is 6.70.